The Kier molecular flexibility index (Phi) is 4.76. The monoisotopic (exact) mass is 315 g/mol. The molecule has 2 aromatic rings. The predicted octanol–water partition coefficient (Wildman–Crippen LogP) is 3.42. The summed E-state index contributed by atoms with van der Waals surface area (Å²) in [6.45, 7) is 1.77. The third-order valence-corrected chi connectivity index (χ3v) is 4.17. The van der Waals surface area contributed by atoms with Crippen LogP contribution in [0.25, 0.3) is 0 Å². The quantitative estimate of drug-likeness (QED) is 0.868. The fourth-order valence-electron chi connectivity index (χ4n) is 2.71. The first-order valence-corrected chi connectivity index (χ1v) is 7.81. The highest BCUT2D eigenvalue weighted by Crippen LogP contribution is 2.19. The Hall–Kier alpha value is -1.84. The van der Waals surface area contributed by atoms with Crippen LogP contribution in [-0.4, -0.2) is 36.6 Å². The van der Waals surface area contributed by atoms with Gasteiger partial charge < -0.3 is 9.64 Å². The van der Waals surface area contributed by atoms with Crippen molar-refractivity contribution in [3.63, 3.8) is 0 Å². The molecule has 1 aliphatic rings. The molecule has 1 amide bonds. The average molecular weight is 316 g/mol. The van der Waals surface area contributed by atoms with Gasteiger partial charge in [0.2, 0.25) is 0 Å². The highest BCUT2D eigenvalue weighted by molar-refractivity contribution is 6.33. The predicted molar refractivity (Wildman–Crippen MR) is 87.2 cm³/mol. The number of carbonyl (C=O) groups is 1. The summed E-state index contributed by atoms with van der Waals surface area (Å²) in [6, 6.07) is 17.4. The number of hydrogen-bond acceptors (Lipinski definition) is 2. The van der Waals surface area contributed by atoms with Gasteiger partial charge in [0, 0.05) is 19.5 Å². The summed E-state index contributed by atoms with van der Waals surface area (Å²) >= 11 is 6.13. The lowest BCUT2D eigenvalue weighted by molar-refractivity contribution is -0.0208. The van der Waals surface area contributed by atoms with Crippen molar-refractivity contribution in [3.05, 3.63) is 70.7 Å². The molecule has 1 heterocycles. The van der Waals surface area contributed by atoms with Crippen molar-refractivity contribution in [2.75, 3.05) is 19.7 Å². The first kappa shape index (κ1) is 15.1. The van der Waals surface area contributed by atoms with Crippen molar-refractivity contribution in [2.45, 2.75) is 12.5 Å². The van der Waals surface area contributed by atoms with E-state index in [-0.39, 0.29) is 12.0 Å². The van der Waals surface area contributed by atoms with Crippen LogP contribution in [0.3, 0.4) is 0 Å². The molecule has 1 aliphatic heterocycles. The normalized spacial score (nSPS) is 18.2. The van der Waals surface area contributed by atoms with E-state index in [9.17, 15) is 4.79 Å². The zero-order valence-corrected chi connectivity index (χ0v) is 13.0. The Morgan fingerprint density at radius 1 is 1.14 bits per heavy atom. The number of amides is 1. The molecule has 0 aromatic heterocycles. The van der Waals surface area contributed by atoms with Crippen molar-refractivity contribution in [2.24, 2.45) is 0 Å². The van der Waals surface area contributed by atoms with E-state index in [0.29, 0.717) is 30.3 Å². The molecule has 0 aliphatic carbocycles. The zero-order chi connectivity index (χ0) is 15.4. The lowest BCUT2D eigenvalue weighted by atomic mass is 10.1. The molecule has 1 saturated heterocycles. The second-order valence-electron chi connectivity index (χ2n) is 5.41. The van der Waals surface area contributed by atoms with Crippen molar-refractivity contribution in [3.8, 4) is 0 Å². The second-order valence-corrected chi connectivity index (χ2v) is 5.82. The maximum Gasteiger partial charge on any atom is 0.255 e. The van der Waals surface area contributed by atoms with Gasteiger partial charge in [-0.1, -0.05) is 54.1 Å². The van der Waals surface area contributed by atoms with Crippen LogP contribution in [0.1, 0.15) is 15.9 Å². The molecule has 4 heteroatoms. The molecule has 3 nitrogen and oxygen atoms in total. The number of hydrogen-bond donors (Lipinski definition) is 0. The van der Waals surface area contributed by atoms with Crippen LogP contribution in [0.5, 0.6) is 0 Å². The van der Waals surface area contributed by atoms with Crippen molar-refractivity contribution < 1.29 is 9.53 Å². The molecule has 0 unspecified atom stereocenters. The van der Waals surface area contributed by atoms with E-state index in [1.807, 2.05) is 35.2 Å². The summed E-state index contributed by atoms with van der Waals surface area (Å²) in [5.74, 6) is -0.0213. The minimum atomic E-state index is -0.0213. The van der Waals surface area contributed by atoms with Gasteiger partial charge in [0.15, 0.2) is 0 Å². The summed E-state index contributed by atoms with van der Waals surface area (Å²) in [5, 5.41) is 0.499. The van der Waals surface area contributed by atoms with Crippen molar-refractivity contribution in [1.29, 1.82) is 0 Å². The molecule has 0 saturated carbocycles. The summed E-state index contributed by atoms with van der Waals surface area (Å²) in [7, 11) is 0. The van der Waals surface area contributed by atoms with Gasteiger partial charge in [-0.25, -0.2) is 0 Å². The molecule has 0 bridgehead atoms. The first-order valence-electron chi connectivity index (χ1n) is 7.43. The number of nitrogens with zero attached hydrogens (tertiary/aromatic N) is 1. The molecule has 0 N–H and O–H groups in total. The van der Waals surface area contributed by atoms with Gasteiger partial charge in [0.25, 0.3) is 5.91 Å². The van der Waals surface area contributed by atoms with Crippen LogP contribution < -0.4 is 0 Å². The Labute approximate surface area is 135 Å². The summed E-state index contributed by atoms with van der Waals surface area (Å²) in [5.41, 5.74) is 1.78. The SMILES string of the molecule is O=C(c1ccccc1Cl)N1CCO[C@H](Cc2ccccc2)C1. The fraction of sp³-hybridized carbons (Fsp3) is 0.278. The minimum absolute atomic E-state index is 0.0213. The summed E-state index contributed by atoms with van der Waals surface area (Å²) in [6.07, 6.45) is 0.843. The van der Waals surface area contributed by atoms with Crippen LogP contribution in [0.2, 0.25) is 5.02 Å². The lowest BCUT2D eigenvalue weighted by Crippen LogP contribution is -2.46. The molecule has 1 fully saturated rings. The maximum atomic E-state index is 12.6. The Morgan fingerprint density at radius 2 is 1.86 bits per heavy atom. The molecular weight excluding hydrogens is 298 g/mol. The molecular formula is C18H18ClNO2. The van der Waals surface area contributed by atoms with Crippen LogP contribution in [0.4, 0.5) is 0 Å². The van der Waals surface area contributed by atoms with E-state index in [1.165, 1.54) is 5.56 Å². The van der Waals surface area contributed by atoms with Gasteiger partial charge in [-0.15, -0.1) is 0 Å². The third kappa shape index (κ3) is 3.49. The van der Waals surface area contributed by atoms with E-state index in [0.717, 1.165) is 6.42 Å². The minimum Gasteiger partial charge on any atom is -0.374 e. The van der Waals surface area contributed by atoms with E-state index >= 15 is 0 Å². The van der Waals surface area contributed by atoms with Crippen LogP contribution >= 0.6 is 11.6 Å². The Morgan fingerprint density at radius 3 is 2.64 bits per heavy atom. The largest absolute Gasteiger partial charge is 0.374 e. The molecule has 2 aromatic carbocycles. The van der Waals surface area contributed by atoms with E-state index in [1.54, 1.807) is 12.1 Å². The van der Waals surface area contributed by atoms with E-state index < -0.39 is 0 Å². The Balaban J connectivity index is 1.68. The van der Waals surface area contributed by atoms with Gasteiger partial charge in [-0.05, 0) is 17.7 Å². The second kappa shape index (κ2) is 6.95. The van der Waals surface area contributed by atoms with Gasteiger partial charge in [-0.3, -0.25) is 4.79 Å². The zero-order valence-electron chi connectivity index (χ0n) is 12.2. The number of ether oxygens (including phenoxy) is 1. The fourth-order valence-corrected chi connectivity index (χ4v) is 2.93. The average Bonchev–Trinajstić information content (AvgIpc) is 2.56. The van der Waals surface area contributed by atoms with Crippen molar-refractivity contribution >= 4 is 17.5 Å². The van der Waals surface area contributed by atoms with Crippen LogP contribution in [0, 0.1) is 0 Å². The van der Waals surface area contributed by atoms with Gasteiger partial charge >= 0.3 is 0 Å². The van der Waals surface area contributed by atoms with Crippen molar-refractivity contribution in [1.82, 2.24) is 4.90 Å². The molecule has 22 heavy (non-hydrogen) atoms. The third-order valence-electron chi connectivity index (χ3n) is 3.84. The molecule has 1 atom stereocenters. The van der Waals surface area contributed by atoms with Crippen LogP contribution in [0.15, 0.2) is 54.6 Å². The summed E-state index contributed by atoms with van der Waals surface area (Å²) < 4.78 is 5.80. The Bertz CT molecular complexity index is 645. The van der Waals surface area contributed by atoms with E-state index in [4.69, 9.17) is 16.3 Å². The number of carbonyl (C=O) groups excluding carboxylic acids is 1. The van der Waals surface area contributed by atoms with Gasteiger partial charge in [-0.2, -0.15) is 0 Å². The van der Waals surface area contributed by atoms with Crippen LogP contribution in [-0.2, 0) is 11.2 Å². The van der Waals surface area contributed by atoms with E-state index in [2.05, 4.69) is 12.1 Å². The van der Waals surface area contributed by atoms with Gasteiger partial charge in [0.1, 0.15) is 0 Å². The molecule has 0 radical (unpaired) electrons. The topological polar surface area (TPSA) is 29.5 Å². The van der Waals surface area contributed by atoms with Gasteiger partial charge in [0.05, 0.1) is 23.3 Å². The summed E-state index contributed by atoms with van der Waals surface area (Å²) in [4.78, 5) is 14.4. The highest BCUT2D eigenvalue weighted by atomic mass is 35.5. The number of rotatable bonds is 3. The standard InChI is InChI=1S/C18H18ClNO2/c19-17-9-5-4-8-16(17)18(21)20-10-11-22-15(13-20)12-14-6-2-1-3-7-14/h1-9,15H,10-13H2/t15-/m1/s1. The first-order chi connectivity index (χ1) is 10.7. The molecule has 3 rings (SSSR count). The lowest BCUT2D eigenvalue weighted by Gasteiger charge is -2.33. The highest BCUT2D eigenvalue weighted by Gasteiger charge is 2.26. The molecule has 0 spiro atoms. The number of benzene rings is 2. The molecule has 114 valence electrons. The number of morpholine rings is 1. The smallest absolute Gasteiger partial charge is 0.255 e. The maximum absolute atomic E-state index is 12.6. The number of halogens is 1.